The summed E-state index contributed by atoms with van der Waals surface area (Å²) in [5.41, 5.74) is 4.30. The number of thiophene rings is 1. The highest BCUT2D eigenvalue weighted by Crippen LogP contribution is 2.24. The maximum atomic E-state index is 2.54. The molecule has 0 saturated heterocycles. The fraction of sp³-hybridized carbons (Fsp3) is 0.333. The SMILES string of the molecule is Cc1ccc(CN2CCc3sccc3C2)cc1. The lowest BCUT2D eigenvalue weighted by molar-refractivity contribution is 0.247. The van der Waals surface area contributed by atoms with Gasteiger partial charge in [-0.05, 0) is 35.9 Å². The Labute approximate surface area is 107 Å². The monoisotopic (exact) mass is 243 g/mol. The Hall–Kier alpha value is -1.12. The second-order valence-electron chi connectivity index (χ2n) is 4.82. The molecule has 0 saturated carbocycles. The maximum Gasteiger partial charge on any atom is 0.0248 e. The molecule has 88 valence electrons. The van der Waals surface area contributed by atoms with Crippen molar-refractivity contribution in [3.63, 3.8) is 0 Å². The molecule has 0 atom stereocenters. The molecule has 0 radical (unpaired) electrons. The average molecular weight is 243 g/mol. The van der Waals surface area contributed by atoms with Gasteiger partial charge in [-0.1, -0.05) is 29.8 Å². The Morgan fingerprint density at radius 3 is 2.82 bits per heavy atom. The Bertz CT molecular complexity index is 498. The van der Waals surface area contributed by atoms with E-state index in [0.29, 0.717) is 0 Å². The summed E-state index contributed by atoms with van der Waals surface area (Å²) in [6, 6.07) is 11.2. The van der Waals surface area contributed by atoms with Crippen molar-refractivity contribution in [2.45, 2.75) is 26.4 Å². The molecule has 2 heterocycles. The molecule has 0 unspecified atom stereocenters. The van der Waals surface area contributed by atoms with Crippen LogP contribution in [-0.4, -0.2) is 11.4 Å². The lowest BCUT2D eigenvalue weighted by Gasteiger charge is -2.26. The second-order valence-corrected chi connectivity index (χ2v) is 5.82. The van der Waals surface area contributed by atoms with E-state index < -0.39 is 0 Å². The fourth-order valence-corrected chi connectivity index (χ4v) is 3.28. The second kappa shape index (κ2) is 4.63. The van der Waals surface area contributed by atoms with E-state index in [0.717, 1.165) is 13.1 Å². The highest BCUT2D eigenvalue weighted by atomic mass is 32.1. The molecule has 0 bridgehead atoms. The molecule has 1 aromatic heterocycles. The summed E-state index contributed by atoms with van der Waals surface area (Å²) < 4.78 is 0. The minimum Gasteiger partial charge on any atom is -0.294 e. The molecule has 0 N–H and O–H groups in total. The van der Waals surface area contributed by atoms with Crippen molar-refractivity contribution < 1.29 is 0 Å². The average Bonchev–Trinajstić information content (AvgIpc) is 2.79. The number of fused-ring (bicyclic) bond motifs is 1. The Morgan fingerprint density at radius 1 is 1.18 bits per heavy atom. The van der Waals surface area contributed by atoms with Gasteiger partial charge in [0.15, 0.2) is 0 Å². The van der Waals surface area contributed by atoms with Crippen molar-refractivity contribution in [1.82, 2.24) is 4.90 Å². The highest BCUT2D eigenvalue weighted by Gasteiger charge is 2.16. The first kappa shape index (κ1) is 11.0. The van der Waals surface area contributed by atoms with E-state index >= 15 is 0 Å². The van der Waals surface area contributed by atoms with E-state index in [2.05, 4.69) is 47.5 Å². The Kier molecular flexibility index (Phi) is 3.00. The molecule has 1 aromatic carbocycles. The lowest BCUT2D eigenvalue weighted by Crippen LogP contribution is -2.29. The predicted octanol–water partition coefficient (Wildman–Crippen LogP) is 3.61. The van der Waals surface area contributed by atoms with Crippen LogP contribution < -0.4 is 0 Å². The van der Waals surface area contributed by atoms with Crippen LogP contribution in [0.4, 0.5) is 0 Å². The topological polar surface area (TPSA) is 3.24 Å². The minimum absolute atomic E-state index is 1.08. The van der Waals surface area contributed by atoms with Gasteiger partial charge in [0.2, 0.25) is 0 Å². The largest absolute Gasteiger partial charge is 0.294 e. The number of nitrogens with zero attached hydrogens (tertiary/aromatic N) is 1. The molecule has 3 rings (SSSR count). The van der Waals surface area contributed by atoms with E-state index in [-0.39, 0.29) is 0 Å². The smallest absolute Gasteiger partial charge is 0.0248 e. The summed E-state index contributed by atoms with van der Waals surface area (Å²) in [6.07, 6.45) is 1.22. The highest BCUT2D eigenvalue weighted by molar-refractivity contribution is 7.10. The standard InChI is InChI=1S/C15H17NS/c1-12-2-4-13(5-3-12)10-16-8-6-15-14(11-16)7-9-17-15/h2-5,7,9H,6,8,10-11H2,1H3. The molecule has 0 spiro atoms. The van der Waals surface area contributed by atoms with Gasteiger partial charge in [0.25, 0.3) is 0 Å². The Morgan fingerprint density at radius 2 is 2.00 bits per heavy atom. The van der Waals surface area contributed by atoms with Gasteiger partial charge in [0, 0.05) is 24.5 Å². The van der Waals surface area contributed by atoms with Crippen LogP contribution in [0.5, 0.6) is 0 Å². The third-order valence-electron chi connectivity index (χ3n) is 3.41. The molecule has 0 aliphatic carbocycles. The van der Waals surface area contributed by atoms with Gasteiger partial charge in [0.05, 0.1) is 0 Å². The van der Waals surface area contributed by atoms with Crippen molar-refractivity contribution in [3.05, 3.63) is 57.3 Å². The normalized spacial score (nSPS) is 15.8. The van der Waals surface area contributed by atoms with Gasteiger partial charge in [-0.3, -0.25) is 4.90 Å². The Balaban J connectivity index is 1.69. The first-order chi connectivity index (χ1) is 8.31. The number of aryl methyl sites for hydroxylation is 1. The summed E-state index contributed by atoms with van der Waals surface area (Å²) in [6.45, 7) is 5.53. The molecule has 0 amide bonds. The van der Waals surface area contributed by atoms with Crippen LogP contribution in [-0.2, 0) is 19.5 Å². The number of rotatable bonds is 2. The van der Waals surface area contributed by atoms with Gasteiger partial charge in [0.1, 0.15) is 0 Å². The molecule has 1 aliphatic rings. The van der Waals surface area contributed by atoms with Crippen molar-refractivity contribution >= 4 is 11.3 Å². The van der Waals surface area contributed by atoms with Gasteiger partial charge < -0.3 is 0 Å². The van der Waals surface area contributed by atoms with Crippen molar-refractivity contribution in [2.24, 2.45) is 0 Å². The van der Waals surface area contributed by atoms with Crippen LogP contribution in [0.25, 0.3) is 0 Å². The quantitative estimate of drug-likeness (QED) is 0.779. The van der Waals surface area contributed by atoms with Crippen LogP contribution in [0, 0.1) is 6.92 Å². The van der Waals surface area contributed by atoms with E-state index in [1.807, 2.05) is 11.3 Å². The van der Waals surface area contributed by atoms with Crippen LogP contribution in [0.1, 0.15) is 21.6 Å². The van der Waals surface area contributed by atoms with Crippen LogP contribution in [0.2, 0.25) is 0 Å². The number of benzene rings is 1. The molecule has 0 fully saturated rings. The fourth-order valence-electron chi connectivity index (χ4n) is 2.39. The summed E-state index contributed by atoms with van der Waals surface area (Å²) in [7, 11) is 0. The van der Waals surface area contributed by atoms with E-state index in [9.17, 15) is 0 Å². The number of hydrogen-bond acceptors (Lipinski definition) is 2. The predicted molar refractivity (Wildman–Crippen MR) is 73.3 cm³/mol. The molecule has 17 heavy (non-hydrogen) atoms. The summed E-state index contributed by atoms with van der Waals surface area (Å²) in [5, 5.41) is 2.22. The maximum absolute atomic E-state index is 2.54. The summed E-state index contributed by atoms with van der Waals surface area (Å²) in [4.78, 5) is 4.13. The third-order valence-corrected chi connectivity index (χ3v) is 4.44. The zero-order chi connectivity index (χ0) is 11.7. The van der Waals surface area contributed by atoms with Gasteiger partial charge in [-0.2, -0.15) is 0 Å². The first-order valence-electron chi connectivity index (χ1n) is 6.14. The van der Waals surface area contributed by atoms with Crippen LogP contribution in [0.15, 0.2) is 35.7 Å². The van der Waals surface area contributed by atoms with Gasteiger partial charge >= 0.3 is 0 Å². The molecule has 1 nitrogen and oxygen atoms in total. The van der Waals surface area contributed by atoms with Gasteiger partial charge in [-0.15, -0.1) is 11.3 Å². The van der Waals surface area contributed by atoms with Crippen molar-refractivity contribution in [2.75, 3.05) is 6.54 Å². The van der Waals surface area contributed by atoms with E-state index in [4.69, 9.17) is 0 Å². The summed E-state index contributed by atoms with van der Waals surface area (Å²) in [5.74, 6) is 0. The molecule has 2 heteroatoms. The van der Waals surface area contributed by atoms with Crippen LogP contribution in [0.3, 0.4) is 0 Å². The van der Waals surface area contributed by atoms with Gasteiger partial charge in [-0.25, -0.2) is 0 Å². The van der Waals surface area contributed by atoms with Crippen molar-refractivity contribution in [3.8, 4) is 0 Å². The molecule has 2 aromatic rings. The van der Waals surface area contributed by atoms with E-state index in [1.54, 1.807) is 4.88 Å². The number of hydrogen-bond donors (Lipinski definition) is 0. The minimum atomic E-state index is 1.08. The summed E-state index contributed by atoms with van der Waals surface area (Å²) >= 11 is 1.91. The first-order valence-corrected chi connectivity index (χ1v) is 7.02. The third kappa shape index (κ3) is 2.43. The zero-order valence-corrected chi connectivity index (χ0v) is 11.0. The molecule has 1 aliphatic heterocycles. The van der Waals surface area contributed by atoms with E-state index in [1.165, 1.54) is 29.7 Å². The lowest BCUT2D eigenvalue weighted by atomic mass is 10.1. The zero-order valence-electron chi connectivity index (χ0n) is 10.1. The van der Waals surface area contributed by atoms with Crippen molar-refractivity contribution in [1.29, 1.82) is 0 Å². The molecular weight excluding hydrogens is 226 g/mol. The van der Waals surface area contributed by atoms with Crippen LogP contribution >= 0.6 is 11.3 Å². The molecular formula is C15H17NS.